The number of aryl methyl sites for hydroxylation is 1. The normalized spacial score (nSPS) is 14.0. The van der Waals surface area contributed by atoms with Crippen LogP contribution in [0.15, 0.2) is 59.6 Å². The molecule has 0 radical (unpaired) electrons. The van der Waals surface area contributed by atoms with E-state index in [0.29, 0.717) is 5.17 Å². The van der Waals surface area contributed by atoms with Gasteiger partial charge in [0.15, 0.2) is 0 Å². The molecule has 0 aliphatic heterocycles. The van der Waals surface area contributed by atoms with Crippen LogP contribution < -0.4 is 4.46 Å². The SMILES string of the molecule is Cc1ccc(N=C(Cl)C([Se]c2ccccc2)C(C)(C)C)cc1. The van der Waals surface area contributed by atoms with E-state index >= 15 is 0 Å². The molecule has 1 nitrogen and oxygen atoms in total. The number of hydrogen-bond donors (Lipinski definition) is 0. The molecule has 116 valence electrons. The third-order valence-corrected chi connectivity index (χ3v) is 7.45. The van der Waals surface area contributed by atoms with Crippen molar-refractivity contribution in [2.24, 2.45) is 10.4 Å². The summed E-state index contributed by atoms with van der Waals surface area (Å²) in [7, 11) is 0. The fourth-order valence-electron chi connectivity index (χ4n) is 2.02. The van der Waals surface area contributed by atoms with Gasteiger partial charge in [-0.2, -0.15) is 0 Å². The monoisotopic (exact) mass is 379 g/mol. The van der Waals surface area contributed by atoms with Crippen LogP contribution >= 0.6 is 11.6 Å². The van der Waals surface area contributed by atoms with Gasteiger partial charge in [0.05, 0.1) is 0 Å². The van der Waals surface area contributed by atoms with E-state index in [4.69, 9.17) is 11.6 Å². The molecule has 0 N–H and O–H groups in total. The molecule has 0 heterocycles. The minimum atomic E-state index is 0.0844. The number of nitrogens with zero attached hydrogens (tertiary/aromatic N) is 1. The van der Waals surface area contributed by atoms with Crippen LogP contribution in [0.4, 0.5) is 5.69 Å². The topological polar surface area (TPSA) is 12.4 Å². The van der Waals surface area contributed by atoms with Gasteiger partial charge in [-0.1, -0.05) is 0 Å². The Morgan fingerprint density at radius 1 is 1.00 bits per heavy atom. The third-order valence-electron chi connectivity index (χ3n) is 3.27. The third kappa shape index (κ3) is 4.98. The molecular formula is C19H22ClNSe. The van der Waals surface area contributed by atoms with Crippen molar-refractivity contribution in [1.29, 1.82) is 0 Å². The molecule has 2 aromatic carbocycles. The summed E-state index contributed by atoms with van der Waals surface area (Å²) in [6.07, 6.45) is 0. The fraction of sp³-hybridized carbons (Fsp3) is 0.316. The number of hydrogen-bond acceptors (Lipinski definition) is 1. The van der Waals surface area contributed by atoms with Gasteiger partial charge in [-0.15, -0.1) is 0 Å². The second kappa shape index (κ2) is 7.46. The Balaban J connectivity index is 2.27. The molecule has 0 saturated carbocycles. The van der Waals surface area contributed by atoms with Gasteiger partial charge in [0, 0.05) is 0 Å². The van der Waals surface area contributed by atoms with Crippen molar-refractivity contribution in [3.8, 4) is 0 Å². The van der Waals surface area contributed by atoms with Crippen LogP contribution in [0.3, 0.4) is 0 Å². The molecule has 0 aliphatic carbocycles. The number of rotatable bonds is 4. The fourth-order valence-corrected chi connectivity index (χ4v) is 4.96. The summed E-state index contributed by atoms with van der Waals surface area (Å²) in [6, 6.07) is 18.7. The van der Waals surface area contributed by atoms with Crippen LogP contribution in [0.1, 0.15) is 26.3 Å². The van der Waals surface area contributed by atoms with E-state index in [1.807, 2.05) is 18.2 Å². The average Bonchev–Trinajstić information content (AvgIpc) is 2.47. The van der Waals surface area contributed by atoms with E-state index < -0.39 is 0 Å². The molecule has 2 aromatic rings. The Hall–Kier alpha value is -1.08. The molecule has 3 heteroatoms. The van der Waals surface area contributed by atoms with Gasteiger partial charge in [0.1, 0.15) is 0 Å². The zero-order valence-corrected chi connectivity index (χ0v) is 16.0. The first-order valence-electron chi connectivity index (χ1n) is 7.39. The molecule has 0 fully saturated rings. The van der Waals surface area contributed by atoms with Gasteiger partial charge in [-0.05, 0) is 0 Å². The summed E-state index contributed by atoms with van der Waals surface area (Å²) in [6.45, 7) is 8.77. The standard InChI is InChI=1S/C19H22ClNSe/c1-14-10-12-15(13-11-14)21-18(20)17(19(2,3)4)22-16-8-6-5-7-9-16/h5-13,17H,1-4H3. The molecule has 0 spiro atoms. The first-order valence-corrected chi connectivity index (χ1v) is 9.61. The predicted molar refractivity (Wildman–Crippen MR) is 99.2 cm³/mol. The zero-order chi connectivity index (χ0) is 16.2. The quantitative estimate of drug-likeness (QED) is 0.516. The molecular weight excluding hydrogens is 357 g/mol. The van der Waals surface area contributed by atoms with Crippen molar-refractivity contribution in [2.45, 2.75) is 32.5 Å². The Morgan fingerprint density at radius 2 is 1.59 bits per heavy atom. The molecule has 0 aromatic heterocycles. The van der Waals surface area contributed by atoms with E-state index in [2.05, 4.69) is 69.1 Å². The van der Waals surface area contributed by atoms with Crippen LogP contribution in [-0.4, -0.2) is 20.1 Å². The molecule has 22 heavy (non-hydrogen) atoms. The van der Waals surface area contributed by atoms with Crippen molar-refractivity contribution in [3.05, 3.63) is 60.2 Å². The summed E-state index contributed by atoms with van der Waals surface area (Å²) in [5.41, 5.74) is 2.24. The van der Waals surface area contributed by atoms with Gasteiger partial charge in [0.25, 0.3) is 0 Å². The minimum absolute atomic E-state index is 0.0844. The van der Waals surface area contributed by atoms with Crippen molar-refractivity contribution in [2.75, 3.05) is 0 Å². The molecule has 0 bridgehead atoms. The predicted octanol–water partition coefficient (Wildman–Crippen LogP) is 5.13. The summed E-state index contributed by atoms with van der Waals surface area (Å²) in [5, 5.41) is 0.709. The average molecular weight is 379 g/mol. The number of benzene rings is 2. The number of halogens is 1. The molecule has 0 amide bonds. The Morgan fingerprint density at radius 3 is 2.14 bits per heavy atom. The van der Waals surface area contributed by atoms with E-state index in [0.717, 1.165) is 5.69 Å². The van der Waals surface area contributed by atoms with Crippen LogP contribution in [0.2, 0.25) is 4.82 Å². The van der Waals surface area contributed by atoms with Crippen molar-refractivity contribution in [3.63, 3.8) is 0 Å². The first kappa shape index (κ1) is 17.3. The Kier molecular flexibility index (Phi) is 5.86. The van der Waals surface area contributed by atoms with Gasteiger partial charge in [-0.25, -0.2) is 0 Å². The second-order valence-electron chi connectivity index (χ2n) is 6.45. The van der Waals surface area contributed by atoms with Crippen LogP contribution in [0.5, 0.6) is 0 Å². The molecule has 2 rings (SSSR count). The Labute approximate surface area is 145 Å². The first-order chi connectivity index (χ1) is 10.4. The van der Waals surface area contributed by atoms with Gasteiger partial charge in [-0.3, -0.25) is 0 Å². The maximum atomic E-state index is 6.62. The molecule has 1 atom stereocenters. The second-order valence-corrected chi connectivity index (χ2v) is 9.31. The van der Waals surface area contributed by atoms with Crippen LogP contribution in [0.25, 0.3) is 0 Å². The summed E-state index contributed by atoms with van der Waals surface area (Å²) in [5.74, 6) is 0. The van der Waals surface area contributed by atoms with Crippen molar-refractivity contribution < 1.29 is 0 Å². The van der Waals surface area contributed by atoms with Crippen LogP contribution in [-0.2, 0) is 0 Å². The van der Waals surface area contributed by atoms with Crippen molar-refractivity contribution >= 4 is 41.9 Å². The summed E-state index contributed by atoms with van der Waals surface area (Å²) >= 11 is 6.88. The molecule has 0 saturated heterocycles. The van der Waals surface area contributed by atoms with E-state index in [-0.39, 0.29) is 25.2 Å². The van der Waals surface area contributed by atoms with E-state index in [9.17, 15) is 0 Å². The molecule has 0 aliphatic rings. The zero-order valence-electron chi connectivity index (χ0n) is 13.5. The molecule has 1 unspecified atom stereocenters. The van der Waals surface area contributed by atoms with Crippen LogP contribution in [0, 0.1) is 12.3 Å². The van der Waals surface area contributed by atoms with Gasteiger partial charge < -0.3 is 0 Å². The van der Waals surface area contributed by atoms with E-state index in [1.165, 1.54) is 10.0 Å². The summed E-state index contributed by atoms with van der Waals surface area (Å²) < 4.78 is 1.35. The van der Waals surface area contributed by atoms with Crippen molar-refractivity contribution in [1.82, 2.24) is 0 Å². The van der Waals surface area contributed by atoms with Gasteiger partial charge in [0.2, 0.25) is 0 Å². The van der Waals surface area contributed by atoms with E-state index in [1.54, 1.807) is 0 Å². The Bertz CT molecular complexity index is 627. The van der Waals surface area contributed by atoms with Gasteiger partial charge >= 0.3 is 145 Å². The number of aliphatic imine (C=N–C) groups is 1. The maximum absolute atomic E-state index is 6.62. The summed E-state index contributed by atoms with van der Waals surface area (Å²) in [4.78, 5) is 4.92.